The third-order valence-electron chi connectivity index (χ3n) is 19.8. The molecule has 3 aliphatic rings. The average molecular weight is 1540 g/mol. The van der Waals surface area contributed by atoms with Gasteiger partial charge in [0.15, 0.2) is 23.1 Å². The molecule has 35 heteroatoms. The fraction of sp³-hybridized carbons (Fsp3) is 0.616. The van der Waals surface area contributed by atoms with Crippen molar-refractivity contribution in [2.45, 2.75) is 211 Å². The Kier molecular flexibility index (Phi) is 34.9. The molecule has 14 N–H and O–H groups in total. The molecular formula is C73H106FN13O20S. The molecular weight excluding hydrogens is 1430 g/mol. The van der Waals surface area contributed by atoms with E-state index in [9.17, 15) is 87.9 Å². The fourth-order valence-corrected chi connectivity index (χ4v) is 13.6. The molecule has 15 atom stereocenters. The number of Topliss-reactive ketones (excluding diaryl/α,β-unsaturated/α-hetero) is 3. The number of ketones is 3. The molecule has 0 aromatic heterocycles. The number of nitrogens with two attached hydrogens (primary N) is 1. The van der Waals surface area contributed by atoms with E-state index in [0.29, 0.717) is 5.56 Å². The second-order valence-electron chi connectivity index (χ2n) is 28.3. The van der Waals surface area contributed by atoms with Crippen molar-refractivity contribution in [3.8, 4) is 5.75 Å². The van der Waals surface area contributed by atoms with Crippen molar-refractivity contribution >= 4 is 107 Å². The van der Waals surface area contributed by atoms with E-state index in [4.69, 9.17) is 5.73 Å². The molecule has 596 valence electrons. The molecule has 0 radical (unpaired) electrons. The number of aromatic hydroxyl groups is 1. The Hall–Kier alpha value is -9.48. The summed E-state index contributed by atoms with van der Waals surface area (Å²) in [4.78, 5) is 224. The van der Waals surface area contributed by atoms with E-state index in [-0.39, 0.29) is 95.2 Å². The Morgan fingerprint density at radius 1 is 0.685 bits per heavy atom. The molecule has 0 aliphatic carbocycles. The highest BCUT2D eigenvalue weighted by molar-refractivity contribution is 7.80. The zero-order valence-electron chi connectivity index (χ0n) is 62.5. The number of likely N-dealkylation sites (tertiary alicyclic amines) is 1. The number of aliphatic hydroxyl groups excluding tert-OH is 3. The van der Waals surface area contributed by atoms with E-state index in [0.717, 1.165) is 40.8 Å². The van der Waals surface area contributed by atoms with Crippen molar-refractivity contribution in [1.82, 2.24) is 56.8 Å². The van der Waals surface area contributed by atoms with Crippen LogP contribution >= 0.6 is 12.6 Å². The van der Waals surface area contributed by atoms with Crippen LogP contribution in [0.5, 0.6) is 5.75 Å². The smallest absolute Gasteiger partial charge is 0.306 e. The van der Waals surface area contributed by atoms with Crippen molar-refractivity contribution < 1.29 is 102 Å². The number of hydrogen-bond donors (Lipinski definition) is 14. The van der Waals surface area contributed by atoms with Gasteiger partial charge in [0, 0.05) is 71.6 Å². The number of carboxylic acid groups (broad SMARTS) is 1. The van der Waals surface area contributed by atoms with Gasteiger partial charge in [-0.25, -0.2) is 4.39 Å². The van der Waals surface area contributed by atoms with Crippen molar-refractivity contribution in [3.05, 3.63) is 65.5 Å². The number of amidine groups is 1. The zero-order valence-corrected chi connectivity index (χ0v) is 63.4. The fourth-order valence-electron chi connectivity index (χ4n) is 13.1. The van der Waals surface area contributed by atoms with Gasteiger partial charge in [-0.05, 0) is 101 Å². The van der Waals surface area contributed by atoms with Gasteiger partial charge in [-0.1, -0.05) is 70.5 Å². The molecule has 3 saturated heterocycles. The predicted octanol–water partition coefficient (Wildman–Crippen LogP) is -1.49. The van der Waals surface area contributed by atoms with Gasteiger partial charge in [-0.15, -0.1) is 0 Å². The average Bonchev–Trinajstić information content (AvgIpc) is 1.55. The zero-order chi connectivity index (χ0) is 80.5. The number of halogens is 1. The number of carbonyl (C=O) groups excluding carboxylic acids is 14. The second kappa shape index (κ2) is 42.3. The minimum absolute atomic E-state index is 0.00634. The van der Waals surface area contributed by atoms with Crippen LogP contribution in [0.4, 0.5) is 4.39 Å². The summed E-state index contributed by atoms with van der Waals surface area (Å²) < 4.78 is 15.1. The molecule has 3 fully saturated rings. The number of hydrogen-bond acceptors (Lipinski definition) is 21. The monoisotopic (exact) mass is 1540 g/mol. The normalized spacial score (nSPS) is 26.0. The van der Waals surface area contributed by atoms with Gasteiger partial charge in [0.2, 0.25) is 65.0 Å². The second-order valence-corrected chi connectivity index (χ2v) is 28.7. The number of carbonyl (C=O) groups is 15. The summed E-state index contributed by atoms with van der Waals surface area (Å²) in [6.45, 7) is 7.93. The third-order valence-corrected chi connectivity index (χ3v) is 20.2. The summed E-state index contributed by atoms with van der Waals surface area (Å²) in [5.74, 6) is -21.6. The molecule has 0 saturated carbocycles. The topological polar surface area (TPSA) is 493 Å². The molecule has 3 aliphatic heterocycles. The lowest BCUT2D eigenvalue weighted by Crippen LogP contribution is -2.63. The number of carboxylic acids is 1. The molecule has 0 bridgehead atoms. The quantitative estimate of drug-likeness (QED) is 0.0261. The number of likely N-dealkylation sites (N-methyl/N-ethyl adjacent to an activating group) is 2. The van der Waals surface area contributed by atoms with Crippen molar-refractivity contribution in [3.63, 3.8) is 0 Å². The Bertz CT molecular complexity index is 3600. The van der Waals surface area contributed by atoms with Gasteiger partial charge in [0.25, 0.3) is 0 Å². The van der Waals surface area contributed by atoms with Crippen molar-refractivity contribution in [2.75, 3.05) is 52.7 Å². The number of aliphatic hydroxyl groups is 3. The molecule has 0 spiro atoms. The molecule has 5 rings (SSSR count). The van der Waals surface area contributed by atoms with Crippen LogP contribution in [0.1, 0.15) is 137 Å². The lowest BCUT2D eigenvalue weighted by molar-refractivity contribution is -0.150. The standard InChI is InChI=1S/C73H106FN13O20S/c1-10-39(4)61-68(101)81-60(38(2)3)67(100)78-49(30-44-23-25-56(92)47(74)29-44)64(97)83-62(41(6)91)69(102)79-50(71(104)86-27-15-20-52(86)57(93)32-45(73(106)107)19-14-26-76-42(7)75)34-59(95)84(8)55(37-108)58(94)33-46(35-88)70(103)85(9)54(31-43-17-12-11-13-18-43)72(105)87-28-16-21-53(87)66(99)80-51(36-89)65(98)77-48(63(96)82-61)24-22-40(5)90/h11-13,17-18,23,25,29,38-39,41,45-46,48-55,60-62,88-89,91-92,108H,10,14-16,19-22,24,26-28,30-37H2,1-9H3,(H2,75,76)(H,77,98)(H,78,100)(H,79,102)(H,80,99)(H,81,101)(H,82,96)(H,83,97)(H,106,107)/t39-,41+,45+,46-,48-,49-,50-,51-,52-,53-,54-,55-,60-,61-,62-/m0/s1. The minimum Gasteiger partial charge on any atom is -0.505 e. The van der Waals surface area contributed by atoms with E-state index in [1.807, 2.05) is 0 Å². The number of phenols is 1. The number of rotatable bonds is 23. The van der Waals surface area contributed by atoms with Crippen LogP contribution in [0.3, 0.4) is 0 Å². The largest absolute Gasteiger partial charge is 0.505 e. The summed E-state index contributed by atoms with van der Waals surface area (Å²) in [6, 6.07) is -6.89. The van der Waals surface area contributed by atoms with Gasteiger partial charge in [0.1, 0.15) is 60.2 Å². The lowest BCUT2D eigenvalue weighted by Gasteiger charge is -2.35. The Labute approximate surface area is 632 Å². The van der Waals surface area contributed by atoms with Gasteiger partial charge >= 0.3 is 5.97 Å². The van der Waals surface area contributed by atoms with Gasteiger partial charge in [-0.3, -0.25) is 72.1 Å². The maximum Gasteiger partial charge on any atom is 0.306 e. The van der Waals surface area contributed by atoms with Gasteiger partial charge in [0.05, 0.1) is 55.5 Å². The lowest BCUT2D eigenvalue weighted by atomic mass is 9.93. The highest BCUT2D eigenvalue weighted by atomic mass is 32.1. The Morgan fingerprint density at radius 2 is 1.29 bits per heavy atom. The predicted molar refractivity (Wildman–Crippen MR) is 392 cm³/mol. The molecule has 108 heavy (non-hydrogen) atoms. The molecule has 2 aromatic carbocycles. The number of nitrogens with one attached hydrogen (secondary N) is 7. The third kappa shape index (κ3) is 25.0. The first kappa shape index (κ1) is 89.1. The van der Waals surface area contributed by atoms with E-state index >= 15 is 14.0 Å². The molecule has 33 nitrogen and oxygen atoms in total. The van der Waals surface area contributed by atoms with Crippen LogP contribution in [0.2, 0.25) is 0 Å². The molecule has 11 amide bonds. The van der Waals surface area contributed by atoms with Crippen LogP contribution in [-0.4, -0.2) is 265 Å². The first-order valence-corrected chi connectivity index (χ1v) is 36.9. The number of phenolic OH excluding ortho intramolecular Hbond substituents is 1. The highest BCUT2D eigenvalue weighted by Gasteiger charge is 2.46. The molecule has 0 unspecified atom stereocenters. The first-order valence-electron chi connectivity index (χ1n) is 36.3. The van der Waals surface area contributed by atoms with Crippen molar-refractivity contribution in [1.29, 1.82) is 0 Å². The van der Waals surface area contributed by atoms with Crippen LogP contribution in [-0.2, 0) is 84.8 Å². The Balaban J connectivity index is 1.66. The maximum atomic E-state index is 15.2. The van der Waals surface area contributed by atoms with Crippen LogP contribution < -0.4 is 43.0 Å². The number of aliphatic carboxylic acids is 1. The summed E-state index contributed by atoms with van der Waals surface area (Å²) in [6.07, 6.45) is -4.96. The molecule has 2 aromatic rings. The minimum atomic E-state index is -2.12. The maximum absolute atomic E-state index is 15.2. The number of benzene rings is 2. The van der Waals surface area contributed by atoms with E-state index in [1.165, 1.54) is 38.8 Å². The van der Waals surface area contributed by atoms with Crippen LogP contribution in [0.25, 0.3) is 0 Å². The van der Waals surface area contributed by atoms with E-state index < -0.39 is 241 Å². The number of amides is 11. The summed E-state index contributed by atoms with van der Waals surface area (Å²) in [5, 5.41) is 70.7. The van der Waals surface area contributed by atoms with Crippen LogP contribution in [0.15, 0.2) is 53.5 Å². The molecule has 3 heterocycles. The van der Waals surface area contributed by atoms with Crippen molar-refractivity contribution in [2.24, 2.45) is 34.4 Å². The van der Waals surface area contributed by atoms with E-state index in [2.05, 4.69) is 54.8 Å². The summed E-state index contributed by atoms with van der Waals surface area (Å²) in [7, 11) is 2.39. The number of thiol groups is 1. The SMILES string of the molecule is CC[C@H](C)[C@@H]1NC(=O)[C@H](CCC(C)=O)NC(=O)[C@H](CO)NC(=O)[C@@H]2CCCN2C(=O)[C@H](Cc2ccccc2)N(C)C(=O)[C@H](CO)CC(=O)[C@H](CS)N(C)C(=O)C[C@@H](C(=O)N2CCC[C@H]2C(=O)C[C@@H](CCCN=C(C)N)C(=O)O)NC(=O)[C@H]([C@@H](C)O)NC(=O)[C@H](Cc2ccc(O)c(F)c2)NC(=O)[C@H](C(C)C)NC1=O. The van der Waals surface area contributed by atoms with Crippen LogP contribution in [0, 0.1) is 29.5 Å². The van der Waals surface area contributed by atoms with Gasteiger partial charge < -0.3 is 92.9 Å². The number of aliphatic imine (C=N–C) groups is 1. The highest BCUT2D eigenvalue weighted by Crippen LogP contribution is 2.28. The summed E-state index contributed by atoms with van der Waals surface area (Å²) in [5.41, 5.74) is 6.14. The first-order chi connectivity index (χ1) is 51.0. The van der Waals surface area contributed by atoms with E-state index in [1.54, 1.807) is 51.1 Å². The van der Waals surface area contributed by atoms with Gasteiger partial charge in [-0.2, -0.15) is 12.6 Å². The number of nitrogens with zero attached hydrogens (tertiary/aromatic N) is 5. The summed E-state index contributed by atoms with van der Waals surface area (Å²) >= 11 is 4.38. The Morgan fingerprint density at radius 3 is 1.88 bits per heavy atom. The number of fused-ring (bicyclic) bond motifs is 1.